The number of anilines is 1. The topological polar surface area (TPSA) is 56.6 Å². The van der Waals surface area contributed by atoms with Crippen LogP contribution in [0.25, 0.3) is 0 Å². The number of hydrogen-bond donors (Lipinski definition) is 3. The van der Waals surface area contributed by atoms with Crippen molar-refractivity contribution in [2.75, 3.05) is 5.32 Å². The van der Waals surface area contributed by atoms with Crippen LogP contribution in [-0.4, -0.2) is 15.8 Å². The number of hydrazone groups is 1. The smallest absolute Gasteiger partial charge is 0.124 e. The van der Waals surface area contributed by atoms with E-state index in [1.807, 2.05) is 19.1 Å². The lowest BCUT2D eigenvalue weighted by Gasteiger charge is -2.20. The van der Waals surface area contributed by atoms with Gasteiger partial charge in [-0.1, -0.05) is 43.9 Å². The molecule has 4 nitrogen and oxygen atoms in total. The Morgan fingerprint density at radius 2 is 1.96 bits per heavy atom. The minimum Gasteiger partial charge on any atom is -0.507 e. The summed E-state index contributed by atoms with van der Waals surface area (Å²) in [4.78, 5) is 0.602. The van der Waals surface area contributed by atoms with Crippen LogP contribution < -0.4 is 10.7 Å². The Bertz CT molecular complexity index is 903. The Morgan fingerprint density at radius 1 is 1.21 bits per heavy atom. The second kappa shape index (κ2) is 10.0. The maximum atomic E-state index is 9.72. The average Bonchev–Trinajstić information content (AvgIpc) is 2.66. The molecule has 1 aliphatic heterocycles. The normalized spacial score (nSPS) is 13.0. The van der Waals surface area contributed by atoms with Crippen LogP contribution in [0.4, 0.5) is 5.69 Å². The van der Waals surface area contributed by atoms with Crippen molar-refractivity contribution in [1.29, 1.82) is 0 Å². The van der Waals surface area contributed by atoms with E-state index in [9.17, 15) is 5.11 Å². The highest BCUT2D eigenvalue weighted by Crippen LogP contribution is 2.26. The summed E-state index contributed by atoms with van der Waals surface area (Å²) < 4.78 is 0. The van der Waals surface area contributed by atoms with Crippen LogP contribution in [0.5, 0.6) is 5.75 Å². The van der Waals surface area contributed by atoms with E-state index < -0.39 is 0 Å². The number of thiocarbonyl (C=S) groups is 1. The summed E-state index contributed by atoms with van der Waals surface area (Å²) in [5.74, 6) is 0.238. The van der Waals surface area contributed by atoms with Crippen LogP contribution in [0.2, 0.25) is 0 Å². The number of hydrogen-bond acceptors (Lipinski definition) is 4. The van der Waals surface area contributed by atoms with Gasteiger partial charge in [0.25, 0.3) is 0 Å². The number of phenolic OH excluding ortho intramolecular Hbond substituents is 1. The van der Waals surface area contributed by atoms with E-state index >= 15 is 0 Å². The summed E-state index contributed by atoms with van der Waals surface area (Å²) in [6.07, 6.45) is 3.12. The number of rotatable bonds is 3. The maximum Gasteiger partial charge on any atom is 0.124 e. The number of aromatic hydroxyl groups is 1. The SMILES string of the molecule is C=C1CCc2ccc(C)cc2N1.CCc1ccc(O)c(/C(C)=N/NC(C)=S)c1. The van der Waals surface area contributed by atoms with Crippen molar-refractivity contribution in [2.24, 2.45) is 5.10 Å². The predicted molar refractivity (Wildman–Crippen MR) is 123 cm³/mol. The third-order valence-electron chi connectivity index (χ3n) is 4.51. The van der Waals surface area contributed by atoms with Crippen molar-refractivity contribution in [3.8, 4) is 5.75 Å². The molecule has 0 aromatic heterocycles. The van der Waals surface area contributed by atoms with E-state index in [0.717, 1.165) is 36.2 Å². The molecule has 3 rings (SSSR count). The number of fused-ring (bicyclic) bond motifs is 1. The molecule has 0 fully saturated rings. The van der Waals surface area contributed by atoms with Crippen molar-refractivity contribution >= 4 is 28.6 Å². The van der Waals surface area contributed by atoms with Gasteiger partial charge in [0, 0.05) is 16.9 Å². The Kier molecular flexibility index (Phi) is 7.76. The molecule has 0 radical (unpaired) electrons. The van der Waals surface area contributed by atoms with Crippen molar-refractivity contribution in [3.63, 3.8) is 0 Å². The fraction of sp³-hybridized carbons (Fsp3) is 0.304. The van der Waals surface area contributed by atoms with Gasteiger partial charge in [-0.2, -0.15) is 5.10 Å². The molecule has 0 spiro atoms. The van der Waals surface area contributed by atoms with E-state index in [1.165, 1.54) is 22.4 Å². The van der Waals surface area contributed by atoms with Gasteiger partial charge >= 0.3 is 0 Å². The van der Waals surface area contributed by atoms with Gasteiger partial charge in [0.1, 0.15) is 5.75 Å². The monoisotopic (exact) mass is 395 g/mol. The van der Waals surface area contributed by atoms with Gasteiger partial charge in [-0.05, 0) is 74.9 Å². The summed E-state index contributed by atoms with van der Waals surface area (Å²) in [7, 11) is 0. The molecule has 148 valence electrons. The largest absolute Gasteiger partial charge is 0.507 e. The molecule has 1 heterocycles. The molecule has 0 amide bonds. The number of benzene rings is 2. The molecule has 0 atom stereocenters. The van der Waals surface area contributed by atoms with Gasteiger partial charge in [0.2, 0.25) is 0 Å². The predicted octanol–water partition coefficient (Wildman–Crippen LogP) is 5.48. The molecule has 1 aliphatic rings. The number of aryl methyl sites for hydroxylation is 3. The summed E-state index contributed by atoms with van der Waals surface area (Å²) in [6.45, 7) is 11.7. The number of nitrogens with one attached hydrogen (secondary N) is 2. The molecule has 0 saturated heterocycles. The lowest BCUT2D eigenvalue weighted by Crippen LogP contribution is -2.13. The van der Waals surface area contributed by atoms with Crippen LogP contribution in [0.1, 0.15) is 49.4 Å². The molecule has 28 heavy (non-hydrogen) atoms. The van der Waals surface area contributed by atoms with Crippen LogP contribution >= 0.6 is 12.2 Å². The lowest BCUT2D eigenvalue weighted by atomic mass is 10.0. The van der Waals surface area contributed by atoms with E-state index in [-0.39, 0.29) is 5.75 Å². The molecule has 0 unspecified atom stereocenters. The summed E-state index contributed by atoms with van der Waals surface area (Å²) in [6, 6.07) is 12.1. The zero-order valence-corrected chi connectivity index (χ0v) is 17.9. The minimum absolute atomic E-state index is 0.238. The van der Waals surface area contributed by atoms with Crippen molar-refractivity contribution in [3.05, 3.63) is 70.9 Å². The Morgan fingerprint density at radius 3 is 2.64 bits per heavy atom. The van der Waals surface area contributed by atoms with Gasteiger partial charge < -0.3 is 10.4 Å². The van der Waals surface area contributed by atoms with E-state index in [1.54, 1.807) is 13.0 Å². The summed E-state index contributed by atoms with van der Waals surface area (Å²) in [5, 5.41) is 17.1. The van der Waals surface area contributed by atoms with Gasteiger partial charge in [0.05, 0.1) is 10.7 Å². The molecular formula is C23H29N3OS. The standard InChI is InChI=1S/C12H16N2OS.C11H13N/c1-4-10-5-6-12(15)11(7-10)8(2)13-14-9(3)16;1-8-3-5-10-6-4-9(2)12-11(10)7-8/h5-7,15H,4H2,1-3H3,(H,14,16);3,5,7,12H,2,4,6H2,1H3/b13-8+;. The zero-order valence-electron chi connectivity index (χ0n) is 17.1. The molecular weight excluding hydrogens is 366 g/mol. The molecule has 5 heteroatoms. The highest BCUT2D eigenvalue weighted by Gasteiger charge is 2.09. The van der Waals surface area contributed by atoms with Crippen LogP contribution in [0.15, 0.2) is 53.8 Å². The summed E-state index contributed by atoms with van der Waals surface area (Å²) >= 11 is 4.86. The van der Waals surface area contributed by atoms with E-state index in [0.29, 0.717) is 4.99 Å². The first-order valence-corrected chi connectivity index (χ1v) is 9.88. The quantitative estimate of drug-likeness (QED) is 0.366. The lowest BCUT2D eigenvalue weighted by molar-refractivity contribution is 0.474. The van der Waals surface area contributed by atoms with E-state index in [2.05, 4.69) is 54.5 Å². The second-order valence-corrected chi connectivity index (χ2v) is 7.57. The fourth-order valence-electron chi connectivity index (χ4n) is 2.88. The fourth-order valence-corrected chi connectivity index (χ4v) is 2.92. The average molecular weight is 396 g/mol. The molecule has 2 aromatic rings. The highest BCUT2D eigenvalue weighted by atomic mass is 32.1. The number of phenols is 1. The van der Waals surface area contributed by atoms with E-state index in [4.69, 9.17) is 12.2 Å². The first kappa shape index (κ1) is 21.6. The molecule has 3 N–H and O–H groups in total. The van der Waals surface area contributed by atoms with Crippen LogP contribution in [-0.2, 0) is 12.8 Å². The number of nitrogens with zero attached hydrogens (tertiary/aromatic N) is 1. The number of allylic oxidation sites excluding steroid dienone is 1. The third kappa shape index (κ3) is 6.20. The van der Waals surface area contributed by atoms with Gasteiger partial charge in [0.15, 0.2) is 0 Å². The Balaban J connectivity index is 0.000000207. The molecule has 0 bridgehead atoms. The zero-order chi connectivity index (χ0) is 20.7. The first-order chi connectivity index (χ1) is 13.3. The van der Waals surface area contributed by atoms with Gasteiger partial charge in [-0.3, -0.25) is 5.43 Å². The first-order valence-electron chi connectivity index (χ1n) is 9.47. The minimum atomic E-state index is 0.238. The Labute approximate surface area is 173 Å². The highest BCUT2D eigenvalue weighted by molar-refractivity contribution is 7.80. The van der Waals surface area contributed by atoms with Crippen molar-refractivity contribution < 1.29 is 5.11 Å². The Hall–Kier alpha value is -2.66. The van der Waals surface area contributed by atoms with Crippen LogP contribution in [0, 0.1) is 6.92 Å². The summed E-state index contributed by atoms with van der Waals surface area (Å²) in [5.41, 5.74) is 10.4. The third-order valence-corrected chi connectivity index (χ3v) is 4.60. The van der Waals surface area contributed by atoms with Crippen molar-refractivity contribution in [2.45, 2.75) is 47.0 Å². The molecule has 0 aliphatic carbocycles. The molecule has 0 saturated carbocycles. The van der Waals surface area contributed by atoms with Gasteiger partial charge in [-0.25, -0.2) is 0 Å². The van der Waals surface area contributed by atoms with Crippen LogP contribution in [0.3, 0.4) is 0 Å². The van der Waals surface area contributed by atoms with Gasteiger partial charge in [-0.15, -0.1) is 0 Å². The van der Waals surface area contributed by atoms with Crippen molar-refractivity contribution in [1.82, 2.24) is 5.43 Å². The maximum absolute atomic E-state index is 9.72. The second-order valence-electron chi connectivity index (χ2n) is 6.96. The molecule has 2 aromatic carbocycles.